The van der Waals surface area contributed by atoms with Gasteiger partial charge in [0.05, 0.1) is 18.9 Å². The zero-order valence-electron chi connectivity index (χ0n) is 19.0. The van der Waals surface area contributed by atoms with E-state index in [1.165, 1.54) is 23.8 Å². The molecule has 1 aliphatic heterocycles. The summed E-state index contributed by atoms with van der Waals surface area (Å²) >= 11 is 0. The quantitative estimate of drug-likeness (QED) is 0.292. The number of nitrogens with zero attached hydrogens (tertiary/aromatic N) is 1. The Labute approximate surface area is 201 Å². The molecule has 1 aliphatic rings. The summed E-state index contributed by atoms with van der Waals surface area (Å²) in [5, 5.41) is 2.14. The molecule has 3 aromatic rings. The summed E-state index contributed by atoms with van der Waals surface area (Å²) in [6, 6.07) is 18.6. The van der Waals surface area contributed by atoms with Crippen LogP contribution in [-0.4, -0.2) is 31.1 Å². The van der Waals surface area contributed by atoms with Gasteiger partial charge in [-0.3, -0.25) is 14.9 Å². The van der Waals surface area contributed by atoms with Gasteiger partial charge in [-0.25, -0.2) is 14.1 Å². The van der Waals surface area contributed by atoms with Gasteiger partial charge < -0.3 is 9.47 Å². The van der Waals surface area contributed by atoms with Crippen LogP contribution >= 0.6 is 0 Å². The van der Waals surface area contributed by atoms with Gasteiger partial charge in [0.25, 0.3) is 11.8 Å². The van der Waals surface area contributed by atoms with Crippen molar-refractivity contribution in [1.82, 2.24) is 5.32 Å². The molecule has 4 amide bonds. The number of hydrogen-bond donors (Lipinski definition) is 1. The lowest BCUT2D eigenvalue weighted by Crippen LogP contribution is -2.54. The number of benzene rings is 3. The van der Waals surface area contributed by atoms with Crippen LogP contribution in [0.15, 0.2) is 78.4 Å². The molecule has 0 atom stereocenters. The van der Waals surface area contributed by atoms with E-state index >= 15 is 0 Å². The van der Waals surface area contributed by atoms with Crippen LogP contribution < -0.4 is 19.7 Å². The second kappa shape index (κ2) is 10.6. The first-order valence-corrected chi connectivity index (χ1v) is 11.0. The number of imide groups is 2. The topological polar surface area (TPSA) is 84.9 Å². The van der Waals surface area contributed by atoms with E-state index in [9.17, 15) is 18.8 Å². The molecule has 0 aromatic heterocycles. The molecule has 178 valence electrons. The van der Waals surface area contributed by atoms with Crippen LogP contribution in [0.3, 0.4) is 0 Å². The maximum atomic E-state index is 13.2. The fourth-order valence-corrected chi connectivity index (χ4v) is 3.38. The number of halogens is 1. The summed E-state index contributed by atoms with van der Waals surface area (Å²) in [6.45, 7) is 3.00. The molecule has 8 heteroatoms. The molecule has 0 radical (unpaired) electrons. The van der Waals surface area contributed by atoms with Crippen LogP contribution in [0, 0.1) is 12.7 Å². The molecule has 0 bridgehead atoms. The molecule has 7 nitrogen and oxygen atoms in total. The number of amides is 4. The number of aryl methyl sites for hydroxylation is 1. The first-order valence-electron chi connectivity index (χ1n) is 11.0. The van der Waals surface area contributed by atoms with E-state index in [4.69, 9.17) is 9.47 Å². The fraction of sp³-hybridized carbons (Fsp3) is 0.148. The summed E-state index contributed by atoms with van der Waals surface area (Å²) in [4.78, 5) is 38.2. The molecule has 1 fully saturated rings. The lowest BCUT2D eigenvalue weighted by atomic mass is 10.1. The minimum Gasteiger partial charge on any atom is -0.493 e. The molecule has 0 unspecified atom stereocenters. The molecule has 35 heavy (non-hydrogen) atoms. The number of carbonyl (C=O) groups is 3. The SMILES string of the molecule is Cc1ccc(OCCCOc2ccc(/C=C3/C(=O)NC(=O)N(c4ccc(F)cc4)C3=O)cc2)cc1. The number of barbiturate groups is 1. The molecule has 1 saturated heterocycles. The summed E-state index contributed by atoms with van der Waals surface area (Å²) < 4.78 is 24.6. The summed E-state index contributed by atoms with van der Waals surface area (Å²) in [6.07, 6.45) is 2.08. The second-order valence-corrected chi connectivity index (χ2v) is 7.87. The van der Waals surface area contributed by atoms with E-state index in [0.29, 0.717) is 30.9 Å². The van der Waals surface area contributed by atoms with Crippen molar-refractivity contribution in [2.75, 3.05) is 18.1 Å². The van der Waals surface area contributed by atoms with E-state index in [2.05, 4.69) is 5.32 Å². The fourth-order valence-electron chi connectivity index (χ4n) is 3.38. The number of hydrogen-bond acceptors (Lipinski definition) is 5. The van der Waals surface area contributed by atoms with E-state index in [1.807, 2.05) is 31.2 Å². The van der Waals surface area contributed by atoms with Crippen molar-refractivity contribution >= 4 is 29.6 Å². The first kappa shape index (κ1) is 23.7. The predicted octanol–water partition coefficient (Wildman–Crippen LogP) is 4.65. The molecular formula is C27H23FN2O5. The molecule has 0 aliphatic carbocycles. The number of ether oxygens (including phenoxy) is 2. The Balaban J connectivity index is 1.35. The average molecular weight is 474 g/mol. The van der Waals surface area contributed by atoms with Gasteiger partial charge in [-0.15, -0.1) is 0 Å². The van der Waals surface area contributed by atoms with Crippen molar-refractivity contribution < 1.29 is 28.2 Å². The van der Waals surface area contributed by atoms with Crippen LogP contribution in [0.4, 0.5) is 14.9 Å². The number of urea groups is 1. The van der Waals surface area contributed by atoms with E-state index < -0.39 is 23.7 Å². The molecular weight excluding hydrogens is 451 g/mol. The number of nitrogens with one attached hydrogen (secondary N) is 1. The van der Waals surface area contributed by atoms with E-state index in [0.717, 1.165) is 22.8 Å². The van der Waals surface area contributed by atoms with Crippen molar-refractivity contribution in [2.24, 2.45) is 0 Å². The zero-order chi connectivity index (χ0) is 24.8. The van der Waals surface area contributed by atoms with E-state index in [-0.39, 0.29) is 11.3 Å². The first-order chi connectivity index (χ1) is 16.9. The van der Waals surface area contributed by atoms with Gasteiger partial charge in [0.15, 0.2) is 0 Å². The number of carbonyl (C=O) groups excluding carboxylic acids is 3. The average Bonchev–Trinajstić information content (AvgIpc) is 2.84. The molecule has 0 spiro atoms. The smallest absolute Gasteiger partial charge is 0.335 e. The van der Waals surface area contributed by atoms with Crippen molar-refractivity contribution in [3.8, 4) is 11.5 Å². The van der Waals surface area contributed by atoms with Gasteiger partial charge >= 0.3 is 6.03 Å². The highest BCUT2D eigenvalue weighted by atomic mass is 19.1. The lowest BCUT2D eigenvalue weighted by Gasteiger charge is -2.26. The Morgan fingerprint density at radius 1 is 0.829 bits per heavy atom. The zero-order valence-corrected chi connectivity index (χ0v) is 19.0. The van der Waals surface area contributed by atoms with Gasteiger partial charge in [0.1, 0.15) is 22.9 Å². The number of rotatable bonds is 8. The van der Waals surface area contributed by atoms with Crippen LogP contribution in [0.25, 0.3) is 6.08 Å². The molecule has 3 aromatic carbocycles. The van der Waals surface area contributed by atoms with Crippen molar-refractivity contribution in [3.63, 3.8) is 0 Å². The molecule has 1 heterocycles. The summed E-state index contributed by atoms with van der Waals surface area (Å²) in [5.41, 5.74) is 1.69. The Morgan fingerprint density at radius 2 is 1.40 bits per heavy atom. The van der Waals surface area contributed by atoms with Crippen LogP contribution in [0.2, 0.25) is 0 Å². The van der Waals surface area contributed by atoms with Gasteiger partial charge in [-0.05, 0) is 67.1 Å². The van der Waals surface area contributed by atoms with Crippen molar-refractivity contribution in [3.05, 3.63) is 95.3 Å². The summed E-state index contributed by atoms with van der Waals surface area (Å²) in [5.74, 6) is -0.655. The molecule has 4 rings (SSSR count). The van der Waals surface area contributed by atoms with Crippen molar-refractivity contribution in [2.45, 2.75) is 13.3 Å². The lowest BCUT2D eigenvalue weighted by molar-refractivity contribution is -0.122. The second-order valence-electron chi connectivity index (χ2n) is 7.87. The van der Waals surface area contributed by atoms with Crippen LogP contribution in [0.5, 0.6) is 11.5 Å². The van der Waals surface area contributed by atoms with Gasteiger partial charge in [-0.2, -0.15) is 0 Å². The molecule has 1 N–H and O–H groups in total. The minimum atomic E-state index is -0.890. The third-order valence-corrected chi connectivity index (χ3v) is 5.22. The highest BCUT2D eigenvalue weighted by molar-refractivity contribution is 6.39. The van der Waals surface area contributed by atoms with Gasteiger partial charge in [-0.1, -0.05) is 29.8 Å². The highest BCUT2D eigenvalue weighted by Gasteiger charge is 2.36. The third-order valence-electron chi connectivity index (χ3n) is 5.22. The third kappa shape index (κ3) is 5.92. The van der Waals surface area contributed by atoms with Gasteiger partial charge in [0.2, 0.25) is 0 Å². The Kier molecular flexibility index (Phi) is 7.21. The van der Waals surface area contributed by atoms with Crippen molar-refractivity contribution in [1.29, 1.82) is 0 Å². The Morgan fingerprint density at radius 3 is 2.00 bits per heavy atom. The Hall–Kier alpha value is -4.46. The number of anilines is 1. The predicted molar refractivity (Wildman–Crippen MR) is 129 cm³/mol. The standard InChI is InChI=1S/C27H23FN2O5/c1-18-3-11-22(12-4-18)34-15-2-16-35-23-13-5-19(6-14-23)17-24-25(31)29-27(33)30(26(24)32)21-9-7-20(28)8-10-21/h3-14,17H,2,15-16H2,1H3,(H,29,31,33)/b24-17-. The largest absolute Gasteiger partial charge is 0.493 e. The normalized spacial score (nSPS) is 14.7. The maximum Gasteiger partial charge on any atom is 0.335 e. The minimum absolute atomic E-state index is 0.155. The highest BCUT2D eigenvalue weighted by Crippen LogP contribution is 2.23. The molecule has 0 saturated carbocycles. The van der Waals surface area contributed by atoms with Crippen LogP contribution in [0.1, 0.15) is 17.5 Å². The monoisotopic (exact) mass is 474 g/mol. The van der Waals surface area contributed by atoms with E-state index in [1.54, 1.807) is 24.3 Å². The van der Waals surface area contributed by atoms with Crippen LogP contribution in [-0.2, 0) is 9.59 Å². The Bertz CT molecular complexity index is 1250. The maximum absolute atomic E-state index is 13.2. The van der Waals surface area contributed by atoms with Gasteiger partial charge in [0, 0.05) is 6.42 Å². The summed E-state index contributed by atoms with van der Waals surface area (Å²) in [7, 11) is 0.